The second-order valence-electron chi connectivity index (χ2n) is 4.73. The zero-order valence-corrected chi connectivity index (χ0v) is 10.1. The molecule has 0 saturated carbocycles. The summed E-state index contributed by atoms with van der Waals surface area (Å²) in [6.07, 6.45) is 6.37. The molecule has 3 rings (SSSR count). The van der Waals surface area contributed by atoms with Gasteiger partial charge in [-0.25, -0.2) is 0 Å². The maximum atomic E-state index is 4.53. The fourth-order valence-corrected chi connectivity index (χ4v) is 2.68. The Morgan fingerprint density at radius 3 is 2.82 bits per heavy atom. The van der Waals surface area contributed by atoms with Gasteiger partial charge in [0.15, 0.2) is 0 Å². The molecule has 1 saturated heterocycles. The van der Waals surface area contributed by atoms with E-state index in [0.29, 0.717) is 5.92 Å². The molecule has 0 aliphatic carbocycles. The normalized spacial score (nSPS) is 17.5. The molecule has 0 radical (unpaired) electrons. The Balaban J connectivity index is 1.99. The van der Waals surface area contributed by atoms with Crippen LogP contribution in [0.5, 0.6) is 0 Å². The number of hydrogen-bond acceptors (Lipinski definition) is 2. The van der Waals surface area contributed by atoms with Crippen LogP contribution < -0.4 is 5.32 Å². The SMILES string of the molecule is Cc1[nH]nc(C2CCNCC2)c1-c1cc[nH]c1. The Labute approximate surface area is 101 Å². The highest BCUT2D eigenvalue weighted by Crippen LogP contribution is 2.34. The van der Waals surface area contributed by atoms with Crippen molar-refractivity contribution in [3.05, 3.63) is 29.8 Å². The van der Waals surface area contributed by atoms with Crippen molar-refractivity contribution in [2.24, 2.45) is 0 Å². The van der Waals surface area contributed by atoms with Crippen molar-refractivity contribution in [1.82, 2.24) is 20.5 Å². The van der Waals surface area contributed by atoms with Crippen LogP contribution >= 0.6 is 0 Å². The number of aryl methyl sites for hydroxylation is 1. The minimum Gasteiger partial charge on any atom is -0.367 e. The molecule has 2 aromatic heterocycles. The first-order valence-electron chi connectivity index (χ1n) is 6.25. The lowest BCUT2D eigenvalue weighted by Gasteiger charge is -2.21. The number of rotatable bonds is 2. The quantitative estimate of drug-likeness (QED) is 0.740. The molecule has 90 valence electrons. The van der Waals surface area contributed by atoms with E-state index in [9.17, 15) is 0 Å². The summed E-state index contributed by atoms with van der Waals surface area (Å²) >= 11 is 0. The van der Waals surface area contributed by atoms with Crippen LogP contribution in [0.1, 0.15) is 30.1 Å². The summed E-state index contributed by atoms with van der Waals surface area (Å²) in [5, 5.41) is 11.1. The van der Waals surface area contributed by atoms with Gasteiger partial charge in [0, 0.05) is 35.1 Å². The minimum atomic E-state index is 0.589. The van der Waals surface area contributed by atoms with Crippen LogP contribution in [0, 0.1) is 6.92 Å². The smallest absolute Gasteiger partial charge is 0.0735 e. The van der Waals surface area contributed by atoms with E-state index in [1.54, 1.807) is 0 Å². The van der Waals surface area contributed by atoms with Gasteiger partial charge in [-0.15, -0.1) is 0 Å². The van der Waals surface area contributed by atoms with Crippen molar-refractivity contribution in [3.63, 3.8) is 0 Å². The van der Waals surface area contributed by atoms with Gasteiger partial charge in [0.05, 0.1) is 5.69 Å². The molecule has 0 aromatic carbocycles. The monoisotopic (exact) mass is 230 g/mol. The number of H-pyrrole nitrogens is 2. The predicted molar refractivity (Wildman–Crippen MR) is 68.0 cm³/mol. The molecule has 4 heteroatoms. The molecule has 1 fully saturated rings. The number of piperidine rings is 1. The summed E-state index contributed by atoms with van der Waals surface area (Å²) in [5.41, 5.74) is 4.93. The van der Waals surface area contributed by atoms with Gasteiger partial charge in [-0.3, -0.25) is 5.10 Å². The van der Waals surface area contributed by atoms with Crippen LogP contribution in [-0.2, 0) is 0 Å². The van der Waals surface area contributed by atoms with Crippen molar-refractivity contribution in [2.75, 3.05) is 13.1 Å². The third-order valence-electron chi connectivity index (χ3n) is 3.59. The standard InChI is InChI=1S/C13H18N4/c1-9-12(11-4-7-15-8-11)13(17-16-9)10-2-5-14-6-3-10/h4,7-8,10,14-15H,2-3,5-6H2,1H3,(H,16,17). The molecule has 1 aliphatic rings. The second-order valence-corrected chi connectivity index (χ2v) is 4.73. The van der Waals surface area contributed by atoms with Crippen molar-refractivity contribution < 1.29 is 0 Å². The Hall–Kier alpha value is -1.55. The summed E-state index contributed by atoms with van der Waals surface area (Å²) in [6, 6.07) is 2.11. The number of hydrogen-bond donors (Lipinski definition) is 3. The fraction of sp³-hybridized carbons (Fsp3) is 0.462. The first kappa shape index (κ1) is 10.6. The second kappa shape index (κ2) is 4.37. The van der Waals surface area contributed by atoms with E-state index in [4.69, 9.17) is 0 Å². The molecular formula is C13H18N4. The van der Waals surface area contributed by atoms with E-state index in [0.717, 1.165) is 18.8 Å². The highest BCUT2D eigenvalue weighted by molar-refractivity contribution is 5.68. The van der Waals surface area contributed by atoms with Crippen LogP contribution in [0.15, 0.2) is 18.5 Å². The van der Waals surface area contributed by atoms with E-state index >= 15 is 0 Å². The molecule has 2 aromatic rings. The van der Waals surface area contributed by atoms with Crippen LogP contribution in [0.2, 0.25) is 0 Å². The molecule has 0 atom stereocenters. The summed E-state index contributed by atoms with van der Waals surface area (Å²) in [6.45, 7) is 4.30. The first-order chi connectivity index (χ1) is 8.36. The lowest BCUT2D eigenvalue weighted by molar-refractivity contribution is 0.453. The van der Waals surface area contributed by atoms with Gasteiger partial charge in [0.2, 0.25) is 0 Å². The fourth-order valence-electron chi connectivity index (χ4n) is 2.68. The third-order valence-corrected chi connectivity index (χ3v) is 3.59. The largest absolute Gasteiger partial charge is 0.367 e. The Kier molecular flexibility index (Phi) is 2.73. The van der Waals surface area contributed by atoms with Gasteiger partial charge in [0.1, 0.15) is 0 Å². The van der Waals surface area contributed by atoms with Crippen molar-refractivity contribution in [2.45, 2.75) is 25.7 Å². The van der Waals surface area contributed by atoms with Crippen LogP contribution in [0.25, 0.3) is 11.1 Å². The van der Waals surface area contributed by atoms with Gasteiger partial charge >= 0.3 is 0 Å². The third kappa shape index (κ3) is 1.89. The van der Waals surface area contributed by atoms with Crippen molar-refractivity contribution in [1.29, 1.82) is 0 Å². The molecule has 3 heterocycles. The molecular weight excluding hydrogens is 212 g/mol. The van der Waals surface area contributed by atoms with Crippen molar-refractivity contribution >= 4 is 0 Å². The summed E-state index contributed by atoms with van der Waals surface area (Å²) in [5.74, 6) is 0.589. The maximum Gasteiger partial charge on any atom is 0.0735 e. The lowest BCUT2D eigenvalue weighted by Crippen LogP contribution is -2.27. The van der Waals surface area contributed by atoms with Crippen LogP contribution in [0.4, 0.5) is 0 Å². The van der Waals surface area contributed by atoms with E-state index < -0.39 is 0 Å². The number of nitrogens with zero attached hydrogens (tertiary/aromatic N) is 1. The topological polar surface area (TPSA) is 56.5 Å². The van der Waals surface area contributed by atoms with E-state index in [1.807, 2.05) is 12.4 Å². The van der Waals surface area contributed by atoms with Gasteiger partial charge in [-0.05, 0) is 38.9 Å². The molecule has 0 amide bonds. The maximum absolute atomic E-state index is 4.53. The summed E-state index contributed by atoms with van der Waals surface area (Å²) in [7, 11) is 0. The Morgan fingerprint density at radius 2 is 2.12 bits per heavy atom. The minimum absolute atomic E-state index is 0.589. The van der Waals surface area contributed by atoms with Gasteiger partial charge in [0.25, 0.3) is 0 Å². The first-order valence-corrected chi connectivity index (χ1v) is 6.25. The number of aromatic amines is 2. The molecule has 1 aliphatic heterocycles. The van der Waals surface area contributed by atoms with Crippen molar-refractivity contribution in [3.8, 4) is 11.1 Å². The summed E-state index contributed by atoms with van der Waals surface area (Å²) in [4.78, 5) is 3.12. The summed E-state index contributed by atoms with van der Waals surface area (Å²) < 4.78 is 0. The van der Waals surface area contributed by atoms with Crippen LogP contribution in [0.3, 0.4) is 0 Å². The average Bonchev–Trinajstić information content (AvgIpc) is 2.99. The van der Waals surface area contributed by atoms with E-state index in [-0.39, 0.29) is 0 Å². The Morgan fingerprint density at radius 1 is 1.29 bits per heavy atom. The highest BCUT2D eigenvalue weighted by Gasteiger charge is 2.23. The molecule has 4 nitrogen and oxygen atoms in total. The van der Waals surface area contributed by atoms with E-state index in [1.165, 1.54) is 29.7 Å². The predicted octanol–water partition coefficient (Wildman–Crippen LogP) is 2.18. The lowest BCUT2D eigenvalue weighted by atomic mass is 9.90. The molecule has 0 unspecified atom stereocenters. The van der Waals surface area contributed by atoms with Gasteiger partial charge in [-0.1, -0.05) is 0 Å². The highest BCUT2D eigenvalue weighted by atomic mass is 15.1. The Bertz CT molecular complexity index is 477. The zero-order chi connectivity index (χ0) is 11.7. The number of nitrogens with one attached hydrogen (secondary N) is 3. The zero-order valence-electron chi connectivity index (χ0n) is 10.1. The molecule has 3 N–H and O–H groups in total. The van der Waals surface area contributed by atoms with E-state index in [2.05, 4.69) is 33.5 Å². The molecule has 0 bridgehead atoms. The van der Waals surface area contributed by atoms with Gasteiger partial charge < -0.3 is 10.3 Å². The molecule has 17 heavy (non-hydrogen) atoms. The van der Waals surface area contributed by atoms with Gasteiger partial charge in [-0.2, -0.15) is 5.10 Å². The number of aromatic nitrogens is 3. The average molecular weight is 230 g/mol. The molecule has 0 spiro atoms. The van der Waals surface area contributed by atoms with Crippen LogP contribution in [-0.4, -0.2) is 28.3 Å².